The first-order chi connectivity index (χ1) is 14.6. The SMILES string of the molecule is C=CCCOC(=O)[C@@H](NC(=O)C=CC=CC(C)=Cc1ccc(O)c(OC)c1)C(C)(C)C. The van der Waals surface area contributed by atoms with Crippen molar-refractivity contribution in [1.29, 1.82) is 0 Å². The maximum absolute atomic E-state index is 12.3. The number of rotatable bonds is 10. The van der Waals surface area contributed by atoms with Crippen LogP contribution in [0.3, 0.4) is 0 Å². The third-order valence-electron chi connectivity index (χ3n) is 4.27. The molecule has 1 rings (SSSR count). The first kappa shape index (κ1) is 25.8. The van der Waals surface area contributed by atoms with Crippen LogP contribution in [0.4, 0.5) is 0 Å². The highest BCUT2D eigenvalue weighted by Gasteiger charge is 2.33. The van der Waals surface area contributed by atoms with Gasteiger partial charge in [0, 0.05) is 6.08 Å². The first-order valence-electron chi connectivity index (χ1n) is 10.1. The van der Waals surface area contributed by atoms with Crippen LogP contribution in [-0.4, -0.2) is 36.7 Å². The van der Waals surface area contributed by atoms with Gasteiger partial charge in [0.15, 0.2) is 11.5 Å². The van der Waals surface area contributed by atoms with Crippen LogP contribution >= 0.6 is 0 Å². The number of carbonyl (C=O) groups excluding carboxylic acids is 2. The minimum Gasteiger partial charge on any atom is -0.504 e. The van der Waals surface area contributed by atoms with E-state index in [0.29, 0.717) is 12.2 Å². The Hall–Kier alpha value is -3.28. The van der Waals surface area contributed by atoms with Gasteiger partial charge in [-0.2, -0.15) is 0 Å². The molecule has 1 aromatic rings. The molecule has 1 atom stereocenters. The summed E-state index contributed by atoms with van der Waals surface area (Å²) in [6, 6.07) is 4.32. The van der Waals surface area contributed by atoms with Crippen molar-refractivity contribution in [2.24, 2.45) is 5.41 Å². The lowest BCUT2D eigenvalue weighted by Gasteiger charge is -2.29. The molecule has 31 heavy (non-hydrogen) atoms. The quantitative estimate of drug-likeness (QED) is 0.188. The second-order valence-electron chi connectivity index (χ2n) is 8.09. The van der Waals surface area contributed by atoms with Crippen molar-refractivity contribution in [1.82, 2.24) is 5.32 Å². The first-order valence-corrected chi connectivity index (χ1v) is 10.1. The Balaban J connectivity index is 2.72. The molecule has 0 saturated carbocycles. The largest absolute Gasteiger partial charge is 0.504 e. The Kier molecular flexibility index (Phi) is 10.3. The summed E-state index contributed by atoms with van der Waals surface area (Å²) in [5.74, 6) is -0.358. The standard InChI is InChI=1S/C25H33NO5/c1-7-8-15-31-24(29)23(25(3,4)5)26-22(28)12-10-9-11-18(2)16-19-13-14-20(27)21(17-19)30-6/h7,9-14,16-17,23,27H,1,8,15H2,2-6H3,(H,26,28)/t23-/m1/s1. The van der Waals surface area contributed by atoms with E-state index in [4.69, 9.17) is 9.47 Å². The van der Waals surface area contributed by atoms with E-state index >= 15 is 0 Å². The Labute approximate surface area is 185 Å². The average molecular weight is 428 g/mol. The van der Waals surface area contributed by atoms with Crippen molar-refractivity contribution < 1.29 is 24.2 Å². The Morgan fingerprint density at radius 2 is 1.90 bits per heavy atom. The fourth-order valence-corrected chi connectivity index (χ4v) is 2.59. The van der Waals surface area contributed by atoms with Crippen LogP contribution in [0.2, 0.25) is 0 Å². The fraction of sp³-hybridized carbons (Fsp3) is 0.360. The van der Waals surface area contributed by atoms with E-state index in [9.17, 15) is 14.7 Å². The molecule has 0 aliphatic carbocycles. The topological polar surface area (TPSA) is 84.9 Å². The van der Waals surface area contributed by atoms with Crippen molar-refractivity contribution >= 4 is 18.0 Å². The molecule has 0 heterocycles. The molecule has 6 heteroatoms. The number of amides is 1. The highest BCUT2D eigenvalue weighted by atomic mass is 16.5. The van der Waals surface area contributed by atoms with E-state index in [-0.39, 0.29) is 18.3 Å². The number of phenols is 1. The van der Waals surface area contributed by atoms with Crippen LogP contribution in [0, 0.1) is 5.41 Å². The lowest BCUT2D eigenvalue weighted by molar-refractivity contribution is -0.150. The molecule has 168 valence electrons. The van der Waals surface area contributed by atoms with Gasteiger partial charge in [-0.25, -0.2) is 4.79 Å². The van der Waals surface area contributed by atoms with Crippen LogP contribution < -0.4 is 10.1 Å². The minimum absolute atomic E-state index is 0.0833. The molecule has 0 bridgehead atoms. The summed E-state index contributed by atoms with van der Waals surface area (Å²) < 4.78 is 10.3. The summed E-state index contributed by atoms with van der Waals surface area (Å²) in [4.78, 5) is 24.6. The van der Waals surface area contributed by atoms with Gasteiger partial charge in [-0.15, -0.1) is 6.58 Å². The van der Waals surface area contributed by atoms with Gasteiger partial charge < -0.3 is 19.9 Å². The van der Waals surface area contributed by atoms with Crippen LogP contribution in [0.25, 0.3) is 6.08 Å². The molecule has 0 aromatic heterocycles. The summed E-state index contributed by atoms with van der Waals surface area (Å²) in [5.41, 5.74) is 1.33. The van der Waals surface area contributed by atoms with Gasteiger partial charge in [0.25, 0.3) is 0 Å². The summed E-state index contributed by atoms with van der Waals surface area (Å²) in [5, 5.41) is 12.4. The van der Waals surface area contributed by atoms with Crippen molar-refractivity contribution in [3.05, 3.63) is 66.3 Å². The van der Waals surface area contributed by atoms with Crippen LogP contribution in [0.1, 0.15) is 39.7 Å². The molecule has 0 aliphatic heterocycles. The van der Waals surface area contributed by atoms with Crippen molar-refractivity contribution in [3.63, 3.8) is 0 Å². The number of carbonyl (C=O) groups is 2. The number of hydrogen-bond acceptors (Lipinski definition) is 5. The van der Waals surface area contributed by atoms with Gasteiger partial charge in [-0.3, -0.25) is 4.79 Å². The maximum atomic E-state index is 12.3. The fourth-order valence-electron chi connectivity index (χ4n) is 2.59. The lowest BCUT2D eigenvalue weighted by Crippen LogP contribution is -2.49. The molecule has 0 aliphatic rings. The van der Waals surface area contributed by atoms with Crippen LogP contribution in [-0.2, 0) is 14.3 Å². The maximum Gasteiger partial charge on any atom is 0.329 e. The predicted molar refractivity (Wildman–Crippen MR) is 124 cm³/mol. The van der Waals surface area contributed by atoms with E-state index in [2.05, 4.69) is 11.9 Å². The second kappa shape index (κ2) is 12.4. The van der Waals surface area contributed by atoms with E-state index in [0.717, 1.165) is 11.1 Å². The number of methoxy groups -OCH3 is 1. The highest BCUT2D eigenvalue weighted by molar-refractivity contribution is 5.92. The van der Waals surface area contributed by atoms with Crippen molar-refractivity contribution in [3.8, 4) is 11.5 Å². The number of benzene rings is 1. The molecule has 1 amide bonds. The number of allylic oxidation sites excluding steroid dienone is 4. The van der Waals surface area contributed by atoms with Gasteiger partial charge in [-0.1, -0.05) is 62.8 Å². The number of ether oxygens (including phenoxy) is 2. The number of esters is 1. The zero-order valence-electron chi connectivity index (χ0n) is 19.0. The van der Waals surface area contributed by atoms with Gasteiger partial charge in [0.1, 0.15) is 6.04 Å². The number of nitrogens with one attached hydrogen (secondary N) is 1. The lowest BCUT2D eigenvalue weighted by atomic mass is 9.86. The molecule has 0 fully saturated rings. The van der Waals surface area contributed by atoms with Gasteiger partial charge in [0.2, 0.25) is 5.91 Å². The molecule has 6 nitrogen and oxygen atoms in total. The van der Waals surface area contributed by atoms with E-state index < -0.39 is 17.4 Å². The Bertz CT molecular complexity index is 859. The summed E-state index contributed by atoms with van der Waals surface area (Å²) in [7, 11) is 1.50. The van der Waals surface area contributed by atoms with E-state index in [1.165, 1.54) is 13.2 Å². The van der Waals surface area contributed by atoms with Crippen LogP contribution in [0.15, 0.2) is 60.7 Å². The third-order valence-corrected chi connectivity index (χ3v) is 4.27. The zero-order valence-corrected chi connectivity index (χ0v) is 19.0. The van der Waals surface area contributed by atoms with Crippen molar-refractivity contribution in [2.75, 3.05) is 13.7 Å². The molecule has 0 unspecified atom stereocenters. The number of phenolic OH excluding ortho intramolecular Hbond substituents is 1. The molecule has 0 spiro atoms. The highest BCUT2D eigenvalue weighted by Crippen LogP contribution is 2.27. The molecular weight excluding hydrogens is 394 g/mol. The molecule has 0 saturated heterocycles. The molecule has 1 aromatic carbocycles. The van der Waals surface area contributed by atoms with E-state index in [1.54, 1.807) is 36.4 Å². The smallest absolute Gasteiger partial charge is 0.329 e. The third kappa shape index (κ3) is 9.38. The average Bonchev–Trinajstić information content (AvgIpc) is 2.70. The minimum atomic E-state index is -0.760. The number of aromatic hydroxyl groups is 1. The van der Waals surface area contributed by atoms with Gasteiger partial charge >= 0.3 is 5.97 Å². The van der Waals surface area contributed by atoms with Gasteiger partial charge in [-0.05, 0) is 36.5 Å². The normalized spacial score (nSPS) is 13.3. The predicted octanol–water partition coefficient (Wildman–Crippen LogP) is 4.57. The summed E-state index contributed by atoms with van der Waals surface area (Å²) in [6.45, 7) is 11.3. The monoisotopic (exact) mass is 427 g/mol. The second-order valence-corrected chi connectivity index (χ2v) is 8.09. The molecule has 0 radical (unpaired) electrons. The summed E-state index contributed by atoms with van der Waals surface area (Å²) in [6.07, 6.45) is 10.7. The molecular formula is C25H33NO5. The Morgan fingerprint density at radius 3 is 2.52 bits per heavy atom. The van der Waals surface area contributed by atoms with Gasteiger partial charge in [0.05, 0.1) is 13.7 Å². The van der Waals surface area contributed by atoms with Crippen molar-refractivity contribution in [2.45, 2.75) is 40.2 Å². The summed E-state index contributed by atoms with van der Waals surface area (Å²) >= 11 is 0. The zero-order chi connectivity index (χ0) is 23.4. The number of hydrogen-bond donors (Lipinski definition) is 2. The van der Waals surface area contributed by atoms with Crippen LogP contribution in [0.5, 0.6) is 11.5 Å². The Morgan fingerprint density at radius 1 is 1.23 bits per heavy atom. The molecule has 2 N–H and O–H groups in total. The van der Waals surface area contributed by atoms with E-state index in [1.807, 2.05) is 39.8 Å².